The number of nitrogens with zero attached hydrogens (tertiary/aromatic N) is 20. The number of aryl methyl sites for hydroxylation is 8. The maximum atomic E-state index is 13.0. The molecule has 0 radical (unpaired) electrons. The van der Waals surface area contributed by atoms with E-state index in [2.05, 4.69) is 113 Å². The summed E-state index contributed by atoms with van der Waals surface area (Å²) in [6, 6.07) is 39.9. The van der Waals surface area contributed by atoms with Gasteiger partial charge in [-0.1, -0.05) is 31.2 Å². The lowest BCUT2D eigenvalue weighted by atomic mass is 9.90. The molecule has 16 aromatic rings. The van der Waals surface area contributed by atoms with Crippen LogP contribution in [-0.4, -0.2) is 179 Å². The van der Waals surface area contributed by atoms with Crippen LogP contribution in [0.3, 0.4) is 0 Å². The molecule has 12 aromatic heterocycles. The van der Waals surface area contributed by atoms with Crippen molar-refractivity contribution in [1.29, 1.82) is 0 Å². The normalized spacial score (nSPS) is 16.4. The summed E-state index contributed by atoms with van der Waals surface area (Å²) in [7, 11) is 7.63. The Morgan fingerprint density at radius 1 is 0.379 bits per heavy atom. The molecule has 20 rings (SSSR count). The summed E-state index contributed by atoms with van der Waals surface area (Å²) >= 11 is 0. The van der Waals surface area contributed by atoms with E-state index in [1.165, 1.54) is 5.56 Å². The highest BCUT2D eigenvalue weighted by molar-refractivity contribution is 5.88. The molecular weight excluding hydrogens is 1460 g/mol. The lowest BCUT2D eigenvalue weighted by Crippen LogP contribution is -2.49. The van der Waals surface area contributed by atoms with Crippen LogP contribution in [0.25, 0.3) is 111 Å². The van der Waals surface area contributed by atoms with Gasteiger partial charge in [-0.3, -0.25) is 55.5 Å². The van der Waals surface area contributed by atoms with Crippen molar-refractivity contribution in [2.24, 2.45) is 28.2 Å². The highest BCUT2D eigenvalue weighted by Gasteiger charge is 2.24. The van der Waals surface area contributed by atoms with Crippen LogP contribution in [0.5, 0.6) is 0 Å². The van der Waals surface area contributed by atoms with Crippen molar-refractivity contribution in [3.8, 4) is 45.0 Å². The molecule has 4 saturated heterocycles. The molecule has 0 saturated carbocycles. The Morgan fingerprint density at radius 2 is 0.776 bits per heavy atom. The lowest BCUT2D eigenvalue weighted by molar-refractivity contribution is 0.222. The van der Waals surface area contributed by atoms with Gasteiger partial charge in [0.15, 0.2) is 0 Å². The summed E-state index contributed by atoms with van der Waals surface area (Å²) in [5.41, 5.74) is 21.3. The second-order valence-electron chi connectivity index (χ2n) is 31.6. The molecule has 116 heavy (non-hydrogen) atoms. The van der Waals surface area contributed by atoms with Gasteiger partial charge in [0.25, 0.3) is 22.2 Å². The van der Waals surface area contributed by atoms with Crippen molar-refractivity contribution in [2.75, 3.05) is 99.8 Å². The zero-order valence-electron chi connectivity index (χ0n) is 67.6. The number of hydrogen-bond acceptors (Lipinski definition) is 19. The first-order valence-corrected chi connectivity index (χ1v) is 40.1. The van der Waals surface area contributed by atoms with E-state index in [1.54, 1.807) is 55.9 Å². The van der Waals surface area contributed by atoms with E-state index in [4.69, 9.17) is 19.9 Å². The summed E-state index contributed by atoms with van der Waals surface area (Å²) in [6.45, 7) is 27.4. The Morgan fingerprint density at radius 3 is 1.22 bits per heavy atom. The molecule has 2 atom stereocenters. The monoisotopic (exact) mass is 1550 g/mol. The van der Waals surface area contributed by atoms with Crippen LogP contribution in [0.4, 0.5) is 17.1 Å². The molecule has 0 bridgehead atoms. The number of hydrogen-bond donors (Lipinski definition) is 3. The average Bonchev–Trinajstić information content (AvgIpc) is 1.07. The molecule has 4 aromatic carbocycles. The van der Waals surface area contributed by atoms with E-state index in [9.17, 15) is 19.2 Å². The first-order valence-electron chi connectivity index (χ1n) is 40.1. The maximum absolute atomic E-state index is 13.0. The van der Waals surface area contributed by atoms with Gasteiger partial charge in [0.1, 0.15) is 22.6 Å². The van der Waals surface area contributed by atoms with Gasteiger partial charge in [-0.05, 0) is 181 Å². The topological polar surface area (TPSA) is 258 Å². The van der Waals surface area contributed by atoms with Crippen LogP contribution < -0.4 is 52.9 Å². The summed E-state index contributed by atoms with van der Waals surface area (Å²) < 4.78 is 13.9. The summed E-state index contributed by atoms with van der Waals surface area (Å²) in [5.74, 6) is 0.513. The number of rotatable bonds is 9. The number of fused-ring (bicyclic) bond motifs is 8. The Hall–Kier alpha value is -12.6. The van der Waals surface area contributed by atoms with Crippen molar-refractivity contribution >= 4 is 83.3 Å². The fraction of sp³-hybridized carbons (Fsp3) is 0.326. The maximum Gasteiger partial charge on any atom is 0.258 e. The molecule has 0 amide bonds. The van der Waals surface area contributed by atoms with E-state index in [-0.39, 0.29) is 22.2 Å². The van der Waals surface area contributed by atoms with Gasteiger partial charge in [-0.2, -0.15) is 20.4 Å². The van der Waals surface area contributed by atoms with Gasteiger partial charge < -0.3 is 35.6 Å². The zero-order valence-corrected chi connectivity index (χ0v) is 67.6. The number of benzene rings is 4. The molecule has 27 nitrogen and oxygen atoms in total. The molecule has 16 heterocycles. The van der Waals surface area contributed by atoms with Crippen molar-refractivity contribution in [1.82, 2.24) is 97.5 Å². The minimum Gasteiger partial charge on any atom is -0.368 e. The Labute approximate surface area is 669 Å². The van der Waals surface area contributed by atoms with E-state index in [0.717, 1.165) is 203 Å². The second-order valence-corrected chi connectivity index (χ2v) is 31.6. The number of nitrogens with one attached hydrogen (secondary N) is 3. The Bertz CT molecular complexity index is 6520. The first kappa shape index (κ1) is 76.1. The van der Waals surface area contributed by atoms with Gasteiger partial charge >= 0.3 is 0 Å². The molecule has 4 fully saturated rings. The third-order valence-corrected chi connectivity index (χ3v) is 22.9. The fourth-order valence-corrected chi connectivity index (χ4v) is 16.9. The lowest BCUT2D eigenvalue weighted by Gasteiger charge is -2.33. The average molecular weight is 1550 g/mol. The van der Waals surface area contributed by atoms with Gasteiger partial charge in [0, 0.05) is 223 Å². The molecule has 0 aliphatic carbocycles. The van der Waals surface area contributed by atoms with E-state index < -0.39 is 0 Å². The van der Waals surface area contributed by atoms with Gasteiger partial charge in [0.05, 0.1) is 61.9 Å². The molecule has 4 aliphatic heterocycles. The minimum atomic E-state index is -0.0654. The zero-order chi connectivity index (χ0) is 80.3. The largest absolute Gasteiger partial charge is 0.368 e. The van der Waals surface area contributed by atoms with Crippen molar-refractivity contribution in [3.63, 3.8) is 0 Å². The molecule has 0 unspecified atom stereocenters. The number of pyridine rings is 4. The second kappa shape index (κ2) is 31.7. The number of aromatic nitrogens is 16. The SMILES string of the molecule is CCN1CCC(c2ccc3nc(-c4cc(C)c5nn(C)cc5c4)cc(=O)n3c2)CC1.Cc1cc(N2CCNCC2)cn2c(=O)cc(-c3ccc4nn(C)cc4c3)nc12.Cc1cc(N2CCN[C@@H](C)C2)cn2c(=O)cc(-c3ccc4nn(C)cc4c3)nc12.Cc1cc(N2CCN[C@H](C)C2)cn2c(=O)cc(-c3ccc4nn(C)cc4c3)nc12. The molecular formula is C89H97N23O4. The van der Waals surface area contributed by atoms with Crippen molar-refractivity contribution < 1.29 is 0 Å². The summed E-state index contributed by atoms with van der Waals surface area (Å²) in [4.78, 5) is 80.5. The van der Waals surface area contributed by atoms with E-state index in [1.807, 2.05) is 171 Å². The fourth-order valence-electron chi connectivity index (χ4n) is 16.9. The van der Waals surface area contributed by atoms with Crippen LogP contribution >= 0.6 is 0 Å². The van der Waals surface area contributed by atoms with Crippen LogP contribution in [0.15, 0.2) is 190 Å². The van der Waals surface area contributed by atoms with Crippen LogP contribution in [0.1, 0.15) is 67.3 Å². The summed E-state index contributed by atoms with van der Waals surface area (Å²) in [5, 5.41) is 32.2. The van der Waals surface area contributed by atoms with E-state index in [0.29, 0.717) is 63.4 Å². The molecule has 592 valence electrons. The highest BCUT2D eigenvalue weighted by Crippen LogP contribution is 2.33. The highest BCUT2D eigenvalue weighted by atomic mass is 16.1. The van der Waals surface area contributed by atoms with Crippen LogP contribution in [-0.2, 0) is 28.2 Å². The molecule has 4 aliphatic rings. The number of piperazine rings is 3. The third-order valence-electron chi connectivity index (χ3n) is 22.9. The molecule has 0 spiro atoms. The standard InChI is InChI=1S/C24H27N5O.2C22H24N6O.C21H22N6O/c1-4-28-9-7-17(8-10-28)18-5-6-22-25-21(13-23(30)29(22)15-18)19-11-16(2)24-20(12-19)14-27(3)26-24;2*1-14-8-18(27-7-6-23-15(2)11-27)13-28-21(29)10-20(24-22(14)28)16-4-5-19-17(9-16)12-26(3)25-19;1-14-9-17(26-7-5-22-6-8-26)13-27-20(28)11-19(23-21(14)27)15-3-4-18-16(10-15)12-25(2)24-18/h5-6,11-15,17H,4,7-10H2,1-3H3;2*4-5,8-10,12-13,15,23H,6-7,11H2,1-3H3;3-4,9-13,22H,5-8H2,1-2H3/t;2*15-;/m.10./s1. The first-order chi connectivity index (χ1) is 56.0. The Balaban J connectivity index is 0.000000111. The van der Waals surface area contributed by atoms with Crippen molar-refractivity contribution in [2.45, 2.75) is 79.3 Å². The Kier molecular flexibility index (Phi) is 20.8. The number of piperidine rings is 1. The molecule has 27 heteroatoms. The van der Waals surface area contributed by atoms with Gasteiger partial charge in [-0.15, -0.1) is 0 Å². The number of likely N-dealkylation sites (tertiary alicyclic amines) is 1. The van der Waals surface area contributed by atoms with Gasteiger partial charge in [-0.25, -0.2) is 19.9 Å². The predicted molar refractivity (Wildman–Crippen MR) is 462 cm³/mol. The van der Waals surface area contributed by atoms with Gasteiger partial charge in [0.2, 0.25) is 0 Å². The summed E-state index contributed by atoms with van der Waals surface area (Å²) in [6.07, 6.45) is 17.9. The van der Waals surface area contributed by atoms with Crippen LogP contribution in [0.2, 0.25) is 0 Å². The minimum absolute atomic E-state index is 0.0354. The number of anilines is 3. The van der Waals surface area contributed by atoms with Crippen LogP contribution in [0, 0.1) is 27.7 Å². The van der Waals surface area contributed by atoms with Crippen molar-refractivity contribution in [3.05, 3.63) is 240 Å². The predicted octanol–water partition coefficient (Wildman–Crippen LogP) is 10.4. The smallest absolute Gasteiger partial charge is 0.258 e. The quantitative estimate of drug-likeness (QED) is 0.121. The third kappa shape index (κ3) is 15.7. The molecule has 3 N–H and O–H groups in total. The van der Waals surface area contributed by atoms with E-state index >= 15 is 0 Å².